The maximum atomic E-state index is 12.5. The predicted octanol–water partition coefficient (Wildman–Crippen LogP) is 1.46. The molecule has 0 radical (unpaired) electrons. The molecule has 1 saturated heterocycles. The molecule has 106 valence electrons. The zero-order chi connectivity index (χ0) is 14.3. The second-order valence-corrected chi connectivity index (χ2v) is 7.46. The highest BCUT2D eigenvalue weighted by atomic mass is 35.5. The van der Waals surface area contributed by atoms with Gasteiger partial charge in [0.2, 0.25) is 10.0 Å². The number of nitrogens with two attached hydrogens (primary N) is 1. The van der Waals surface area contributed by atoms with Gasteiger partial charge in [-0.05, 0) is 38.0 Å². The average Bonchev–Trinajstić information content (AvgIpc) is 2.27. The SMILES string of the molecule is CC1(O)CCCN(S(=O)(=O)c2ccc(Cl)cc2N)C1. The average molecular weight is 305 g/mol. The van der Waals surface area contributed by atoms with Crippen LogP contribution in [0, 0.1) is 0 Å². The van der Waals surface area contributed by atoms with Gasteiger partial charge < -0.3 is 10.8 Å². The Balaban J connectivity index is 2.37. The fourth-order valence-corrected chi connectivity index (χ4v) is 4.15. The summed E-state index contributed by atoms with van der Waals surface area (Å²) >= 11 is 5.77. The summed E-state index contributed by atoms with van der Waals surface area (Å²) in [5, 5.41) is 10.4. The molecule has 0 spiro atoms. The normalized spacial score (nSPS) is 25.4. The third-order valence-corrected chi connectivity index (χ3v) is 5.38. The summed E-state index contributed by atoms with van der Waals surface area (Å²) < 4.78 is 26.3. The highest BCUT2D eigenvalue weighted by Crippen LogP contribution is 2.29. The summed E-state index contributed by atoms with van der Waals surface area (Å²) in [5.74, 6) is 0. The molecule has 0 amide bonds. The van der Waals surface area contributed by atoms with Crippen molar-refractivity contribution in [1.29, 1.82) is 0 Å². The first-order valence-corrected chi connectivity index (χ1v) is 7.82. The number of hydrogen-bond donors (Lipinski definition) is 2. The summed E-state index contributed by atoms with van der Waals surface area (Å²) in [4.78, 5) is 0.0367. The van der Waals surface area contributed by atoms with Crippen molar-refractivity contribution in [3.63, 3.8) is 0 Å². The second kappa shape index (κ2) is 4.94. The van der Waals surface area contributed by atoms with Gasteiger partial charge in [-0.1, -0.05) is 11.6 Å². The molecule has 1 aliphatic heterocycles. The monoisotopic (exact) mass is 304 g/mol. The van der Waals surface area contributed by atoms with E-state index >= 15 is 0 Å². The Bertz CT molecular complexity index is 587. The molecule has 7 heteroatoms. The largest absolute Gasteiger partial charge is 0.398 e. The smallest absolute Gasteiger partial charge is 0.245 e. The van der Waals surface area contributed by atoms with E-state index in [1.54, 1.807) is 6.92 Å². The molecule has 1 heterocycles. The molecule has 0 saturated carbocycles. The van der Waals surface area contributed by atoms with Gasteiger partial charge in [0.25, 0.3) is 0 Å². The van der Waals surface area contributed by atoms with Crippen molar-refractivity contribution >= 4 is 27.3 Å². The molecule has 1 aliphatic rings. The number of β-amino-alcohol motifs (C(OH)–C–C–N with tert-alkyl or cyclic N) is 1. The van der Waals surface area contributed by atoms with Crippen LogP contribution < -0.4 is 5.73 Å². The molecule has 1 unspecified atom stereocenters. The maximum Gasteiger partial charge on any atom is 0.245 e. The van der Waals surface area contributed by atoms with E-state index in [4.69, 9.17) is 17.3 Å². The van der Waals surface area contributed by atoms with Crippen molar-refractivity contribution < 1.29 is 13.5 Å². The minimum Gasteiger partial charge on any atom is -0.398 e. The highest BCUT2D eigenvalue weighted by Gasteiger charge is 2.36. The first kappa shape index (κ1) is 14.6. The molecule has 1 aromatic rings. The van der Waals surface area contributed by atoms with Gasteiger partial charge in [0.05, 0.1) is 11.3 Å². The number of benzene rings is 1. The van der Waals surface area contributed by atoms with Gasteiger partial charge in [-0.25, -0.2) is 8.42 Å². The second-order valence-electron chi connectivity index (χ2n) is 5.12. The molecular weight excluding hydrogens is 288 g/mol. The molecule has 0 bridgehead atoms. The van der Waals surface area contributed by atoms with Gasteiger partial charge >= 0.3 is 0 Å². The van der Waals surface area contributed by atoms with Crippen LogP contribution in [0.3, 0.4) is 0 Å². The lowest BCUT2D eigenvalue weighted by atomic mass is 9.97. The third kappa shape index (κ3) is 3.02. The Labute approximate surface area is 118 Å². The fourth-order valence-electron chi connectivity index (χ4n) is 2.27. The van der Waals surface area contributed by atoms with Crippen LogP contribution in [0.25, 0.3) is 0 Å². The molecule has 0 aromatic heterocycles. The minimum absolute atomic E-state index is 0.0367. The number of aliphatic hydroxyl groups is 1. The van der Waals surface area contributed by atoms with Gasteiger partial charge in [0.15, 0.2) is 0 Å². The lowest BCUT2D eigenvalue weighted by Gasteiger charge is -2.36. The van der Waals surface area contributed by atoms with Crippen molar-refractivity contribution in [1.82, 2.24) is 4.31 Å². The highest BCUT2D eigenvalue weighted by molar-refractivity contribution is 7.89. The zero-order valence-electron chi connectivity index (χ0n) is 10.6. The molecular formula is C12H17ClN2O3S. The molecule has 5 nitrogen and oxygen atoms in total. The van der Waals surface area contributed by atoms with Crippen LogP contribution in [0.15, 0.2) is 23.1 Å². The van der Waals surface area contributed by atoms with E-state index in [2.05, 4.69) is 0 Å². The van der Waals surface area contributed by atoms with Gasteiger partial charge in [-0.3, -0.25) is 0 Å². The Hall–Kier alpha value is -0.820. The molecule has 0 aliphatic carbocycles. The summed E-state index contributed by atoms with van der Waals surface area (Å²) in [6.45, 7) is 2.11. The zero-order valence-corrected chi connectivity index (χ0v) is 12.2. The lowest BCUT2D eigenvalue weighted by molar-refractivity contribution is 0.00941. The lowest BCUT2D eigenvalue weighted by Crippen LogP contribution is -2.48. The quantitative estimate of drug-likeness (QED) is 0.810. The van der Waals surface area contributed by atoms with Gasteiger partial charge in [-0.15, -0.1) is 0 Å². The molecule has 1 aromatic carbocycles. The molecule has 19 heavy (non-hydrogen) atoms. The number of sulfonamides is 1. The molecule has 2 rings (SSSR count). The van der Waals surface area contributed by atoms with Crippen molar-refractivity contribution in [3.8, 4) is 0 Å². The number of piperidine rings is 1. The van der Waals surface area contributed by atoms with Crippen LogP contribution in [0.1, 0.15) is 19.8 Å². The van der Waals surface area contributed by atoms with E-state index in [-0.39, 0.29) is 17.1 Å². The number of anilines is 1. The van der Waals surface area contributed by atoms with E-state index < -0.39 is 15.6 Å². The van der Waals surface area contributed by atoms with Crippen LogP contribution in [0.4, 0.5) is 5.69 Å². The summed E-state index contributed by atoms with van der Waals surface area (Å²) in [6, 6.07) is 4.31. The standard InChI is InChI=1S/C12H17ClN2O3S/c1-12(16)5-2-6-15(8-12)19(17,18)11-4-3-9(13)7-10(11)14/h3-4,7,16H,2,5-6,8,14H2,1H3. The summed E-state index contributed by atoms with van der Waals surface area (Å²) in [5.41, 5.74) is 4.86. The van der Waals surface area contributed by atoms with E-state index in [1.165, 1.54) is 22.5 Å². The fraction of sp³-hybridized carbons (Fsp3) is 0.500. The van der Waals surface area contributed by atoms with Crippen molar-refractivity contribution in [2.24, 2.45) is 0 Å². The van der Waals surface area contributed by atoms with E-state index in [9.17, 15) is 13.5 Å². The van der Waals surface area contributed by atoms with E-state index in [0.717, 1.165) is 0 Å². The van der Waals surface area contributed by atoms with Crippen LogP contribution in [-0.2, 0) is 10.0 Å². The predicted molar refractivity (Wildman–Crippen MR) is 74.5 cm³/mol. The minimum atomic E-state index is -3.69. The Morgan fingerprint density at radius 1 is 1.47 bits per heavy atom. The number of halogens is 1. The van der Waals surface area contributed by atoms with Gasteiger partial charge in [0.1, 0.15) is 4.90 Å². The van der Waals surface area contributed by atoms with Crippen LogP contribution in [0.2, 0.25) is 5.02 Å². The number of nitrogens with zero attached hydrogens (tertiary/aromatic N) is 1. The summed E-state index contributed by atoms with van der Waals surface area (Å²) in [6.07, 6.45) is 1.22. The first-order chi connectivity index (χ1) is 8.72. The molecule has 3 N–H and O–H groups in total. The number of rotatable bonds is 2. The Morgan fingerprint density at radius 3 is 2.74 bits per heavy atom. The van der Waals surface area contributed by atoms with E-state index in [0.29, 0.717) is 24.4 Å². The Kier molecular flexibility index (Phi) is 3.79. The van der Waals surface area contributed by atoms with Crippen molar-refractivity contribution in [2.75, 3.05) is 18.8 Å². The number of hydrogen-bond acceptors (Lipinski definition) is 4. The van der Waals surface area contributed by atoms with Crippen molar-refractivity contribution in [3.05, 3.63) is 23.2 Å². The van der Waals surface area contributed by atoms with Crippen LogP contribution in [-0.4, -0.2) is 36.5 Å². The molecule has 1 atom stereocenters. The van der Waals surface area contributed by atoms with E-state index in [1.807, 2.05) is 0 Å². The topological polar surface area (TPSA) is 83.6 Å². The van der Waals surface area contributed by atoms with Gasteiger partial charge in [-0.2, -0.15) is 4.31 Å². The van der Waals surface area contributed by atoms with Crippen LogP contribution in [0.5, 0.6) is 0 Å². The molecule has 1 fully saturated rings. The van der Waals surface area contributed by atoms with Gasteiger partial charge in [0, 0.05) is 18.1 Å². The maximum absolute atomic E-state index is 12.5. The van der Waals surface area contributed by atoms with Crippen LogP contribution >= 0.6 is 11.6 Å². The number of nitrogen functional groups attached to an aromatic ring is 1. The van der Waals surface area contributed by atoms with Crippen molar-refractivity contribution in [2.45, 2.75) is 30.3 Å². The third-order valence-electron chi connectivity index (χ3n) is 3.23. The summed E-state index contributed by atoms with van der Waals surface area (Å²) in [7, 11) is -3.69. The first-order valence-electron chi connectivity index (χ1n) is 6.00. The Morgan fingerprint density at radius 2 is 2.16 bits per heavy atom.